The molecule has 0 aromatic rings. The first-order valence-electron chi connectivity index (χ1n) is 7.35. The van der Waals surface area contributed by atoms with Gasteiger partial charge in [0.1, 0.15) is 0 Å². The molecule has 0 spiro atoms. The van der Waals surface area contributed by atoms with Crippen LogP contribution in [0, 0.1) is 0 Å². The number of hydrogen-bond acceptors (Lipinski definition) is 3. The lowest BCUT2D eigenvalue weighted by atomic mass is 10.0. The second-order valence-electron chi connectivity index (χ2n) is 5.13. The minimum atomic E-state index is -0.463. The summed E-state index contributed by atoms with van der Waals surface area (Å²) in [6.45, 7) is 0.216. The topological polar surface area (TPSA) is 136 Å². The molecule has 0 aromatic heterocycles. The lowest BCUT2D eigenvalue weighted by molar-refractivity contribution is -0.139. The lowest BCUT2D eigenvalue weighted by Crippen LogP contribution is -2.41. The molecule has 0 bridgehead atoms. The normalized spacial score (nSPS) is 16.0. The smallest absolute Gasteiger partial charge is 0.295 e. The van der Waals surface area contributed by atoms with E-state index in [-0.39, 0.29) is 13.1 Å². The average Bonchev–Trinajstić information content (AvgIpc) is 2.65. The summed E-state index contributed by atoms with van der Waals surface area (Å²) in [7, 11) is 0. The van der Waals surface area contributed by atoms with Gasteiger partial charge in [-0.05, 0) is 12.2 Å². The van der Waals surface area contributed by atoms with E-state index in [4.69, 9.17) is 16.8 Å². The third-order valence-corrected chi connectivity index (χ3v) is 3.57. The van der Waals surface area contributed by atoms with Crippen molar-refractivity contribution in [2.75, 3.05) is 13.1 Å². The Morgan fingerprint density at radius 1 is 0.958 bits per heavy atom. The van der Waals surface area contributed by atoms with Crippen LogP contribution in [0.1, 0.15) is 12.8 Å². The van der Waals surface area contributed by atoms with Crippen molar-refractivity contribution in [2.45, 2.75) is 12.8 Å². The Morgan fingerprint density at radius 3 is 1.71 bits per heavy atom. The summed E-state index contributed by atoms with van der Waals surface area (Å²) >= 11 is 0. The second-order valence-corrected chi connectivity index (χ2v) is 5.13. The molecule has 0 unspecified atom stereocenters. The molecular weight excluding hydrogens is 308 g/mol. The van der Waals surface area contributed by atoms with Gasteiger partial charge in [-0.15, -0.1) is 0 Å². The average molecular weight is 324 g/mol. The number of nitrogens with zero attached hydrogens (tertiary/aromatic N) is 5. The fourth-order valence-corrected chi connectivity index (χ4v) is 2.27. The predicted octanol–water partition coefficient (Wildman–Crippen LogP) is 0.414. The minimum absolute atomic E-state index is 0.0793. The van der Waals surface area contributed by atoms with E-state index in [1.807, 2.05) is 0 Å². The molecule has 0 atom stereocenters. The highest BCUT2D eigenvalue weighted by Crippen LogP contribution is 2.16. The van der Waals surface area contributed by atoms with Gasteiger partial charge in [-0.3, -0.25) is 14.5 Å². The van der Waals surface area contributed by atoms with Crippen LogP contribution in [0.4, 0.5) is 0 Å². The first-order valence-corrected chi connectivity index (χ1v) is 7.35. The lowest BCUT2D eigenvalue weighted by Gasteiger charge is -2.22. The Bertz CT molecular complexity index is 725. The molecule has 0 heterocycles. The van der Waals surface area contributed by atoms with E-state index >= 15 is 0 Å². The SMILES string of the molecule is [N-]=[N+]=C1C=CC(C(=O)N(CCN)C(=O)C2=CCC(=[N+]=[N-])C=C2)=CC1. The molecule has 8 heteroatoms. The van der Waals surface area contributed by atoms with Crippen molar-refractivity contribution in [2.24, 2.45) is 5.73 Å². The summed E-state index contributed by atoms with van der Waals surface area (Å²) in [4.78, 5) is 32.4. The van der Waals surface area contributed by atoms with Crippen molar-refractivity contribution in [1.82, 2.24) is 4.90 Å². The maximum Gasteiger partial charge on any atom is 0.295 e. The van der Waals surface area contributed by atoms with Crippen LogP contribution in [0.3, 0.4) is 0 Å². The molecule has 0 saturated carbocycles. The fraction of sp³-hybridized carbons (Fsp3) is 0.250. The van der Waals surface area contributed by atoms with E-state index in [1.54, 1.807) is 12.2 Å². The summed E-state index contributed by atoms with van der Waals surface area (Å²) < 4.78 is 0. The number of imide groups is 1. The van der Waals surface area contributed by atoms with Gasteiger partial charge in [0.15, 0.2) is 0 Å². The highest BCUT2D eigenvalue weighted by atomic mass is 16.2. The monoisotopic (exact) mass is 324 g/mol. The first kappa shape index (κ1) is 17.2. The number of carbonyl (C=O) groups excluding carboxylic acids is 2. The Kier molecular flexibility index (Phi) is 5.65. The van der Waals surface area contributed by atoms with Gasteiger partial charge in [0.25, 0.3) is 23.2 Å². The van der Waals surface area contributed by atoms with E-state index in [9.17, 15) is 9.59 Å². The second kappa shape index (κ2) is 7.89. The van der Waals surface area contributed by atoms with E-state index in [0.29, 0.717) is 35.4 Å². The zero-order chi connectivity index (χ0) is 17.5. The van der Waals surface area contributed by atoms with Crippen LogP contribution in [-0.4, -0.2) is 50.8 Å². The van der Waals surface area contributed by atoms with Crippen LogP contribution in [0.15, 0.2) is 47.6 Å². The van der Waals surface area contributed by atoms with Crippen LogP contribution >= 0.6 is 0 Å². The molecule has 2 aliphatic rings. The zero-order valence-electron chi connectivity index (χ0n) is 12.9. The number of hydrogen-bond donors (Lipinski definition) is 1. The van der Waals surface area contributed by atoms with Crippen molar-refractivity contribution >= 4 is 23.2 Å². The number of nitrogens with two attached hydrogens (primary N) is 1. The quantitative estimate of drug-likeness (QED) is 0.455. The minimum Gasteiger partial charge on any atom is -0.361 e. The van der Waals surface area contributed by atoms with Gasteiger partial charge in [0, 0.05) is 36.4 Å². The molecule has 2 rings (SSSR count). The van der Waals surface area contributed by atoms with Crippen molar-refractivity contribution in [3.63, 3.8) is 0 Å². The molecule has 0 aliphatic heterocycles. The molecule has 0 saturated heterocycles. The van der Waals surface area contributed by atoms with Gasteiger partial charge in [0.05, 0.1) is 12.8 Å². The van der Waals surface area contributed by atoms with Gasteiger partial charge in [0.2, 0.25) is 0 Å². The number of rotatable bonds is 4. The van der Waals surface area contributed by atoms with E-state index in [2.05, 4.69) is 9.58 Å². The van der Waals surface area contributed by atoms with Crippen LogP contribution in [0.25, 0.3) is 11.1 Å². The van der Waals surface area contributed by atoms with E-state index < -0.39 is 11.8 Å². The van der Waals surface area contributed by atoms with Crippen LogP contribution < -0.4 is 5.73 Å². The molecule has 0 radical (unpaired) electrons. The summed E-state index contributed by atoms with van der Waals surface area (Å²) in [5.41, 5.74) is 24.5. The molecule has 122 valence electrons. The Labute approximate surface area is 138 Å². The standard InChI is InChI=1S/C16H16N6O2/c17-9-10-22(15(23)11-1-5-13(20-18)6-2-11)16(24)12-3-7-14(21-19)8-4-12/h1-5,7H,6,8-10,17H2. The third-order valence-electron chi connectivity index (χ3n) is 3.57. The number of allylic oxidation sites excluding steroid dienone is 4. The Hall–Kier alpha value is -3.18. The molecule has 2 aliphatic carbocycles. The molecule has 8 nitrogen and oxygen atoms in total. The van der Waals surface area contributed by atoms with Crippen LogP contribution in [0.2, 0.25) is 0 Å². The molecule has 24 heavy (non-hydrogen) atoms. The summed E-state index contributed by atoms with van der Waals surface area (Å²) in [5.74, 6) is -0.927. The van der Waals surface area contributed by atoms with Crippen molar-refractivity contribution < 1.29 is 19.2 Å². The largest absolute Gasteiger partial charge is 0.361 e. The van der Waals surface area contributed by atoms with Crippen molar-refractivity contribution in [1.29, 1.82) is 0 Å². The molecule has 2 N–H and O–H groups in total. The van der Waals surface area contributed by atoms with Crippen molar-refractivity contribution in [3.8, 4) is 0 Å². The highest BCUT2D eigenvalue weighted by Gasteiger charge is 2.27. The summed E-state index contributed by atoms with van der Waals surface area (Å²) in [6.07, 6.45) is 9.82. The predicted molar refractivity (Wildman–Crippen MR) is 86.7 cm³/mol. The zero-order valence-corrected chi connectivity index (χ0v) is 12.9. The Morgan fingerprint density at radius 2 is 1.42 bits per heavy atom. The fourth-order valence-electron chi connectivity index (χ4n) is 2.27. The molecule has 2 amide bonds. The van der Waals surface area contributed by atoms with E-state index in [1.165, 1.54) is 24.3 Å². The van der Waals surface area contributed by atoms with Crippen molar-refractivity contribution in [3.05, 3.63) is 58.7 Å². The highest BCUT2D eigenvalue weighted by molar-refractivity contribution is 6.14. The number of carbonyl (C=O) groups is 2. The van der Waals surface area contributed by atoms with Gasteiger partial charge in [-0.1, -0.05) is 12.2 Å². The molecule has 0 fully saturated rings. The van der Waals surface area contributed by atoms with Gasteiger partial charge in [-0.25, -0.2) is 0 Å². The summed E-state index contributed by atoms with van der Waals surface area (Å²) in [6, 6.07) is 0. The maximum atomic E-state index is 12.6. The summed E-state index contributed by atoms with van der Waals surface area (Å²) in [5, 5.41) is 0. The Balaban J connectivity index is 2.20. The number of amides is 2. The molecular formula is C16H16N6O2. The van der Waals surface area contributed by atoms with Crippen LogP contribution in [0.5, 0.6) is 0 Å². The molecule has 0 aromatic carbocycles. The van der Waals surface area contributed by atoms with Gasteiger partial charge >= 0.3 is 0 Å². The van der Waals surface area contributed by atoms with Crippen LogP contribution in [-0.2, 0) is 9.59 Å². The van der Waals surface area contributed by atoms with Gasteiger partial charge in [-0.2, -0.15) is 9.58 Å². The maximum absolute atomic E-state index is 12.6. The van der Waals surface area contributed by atoms with Gasteiger partial charge < -0.3 is 16.8 Å². The van der Waals surface area contributed by atoms with E-state index in [0.717, 1.165) is 4.90 Å². The first-order chi connectivity index (χ1) is 11.6. The third kappa shape index (κ3) is 3.77.